The van der Waals surface area contributed by atoms with Crippen molar-refractivity contribution in [1.82, 2.24) is 0 Å². The minimum Gasteiger partial charge on any atom is -0.421 e. The largest absolute Gasteiger partial charge is 0.421 e. The normalized spacial score (nSPS) is 10.8. The van der Waals surface area contributed by atoms with E-state index in [1.807, 2.05) is 31.4 Å². The topological polar surface area (TPSA) is 18.5 Å². The summed E-state index contributed by atoms with van der Waals surface area (Å²) in [4.78, 5) is 0. The van der Waals surface area contributed by atoms with Gasteiger partial charge in [-0.15, -0.1) is 0 Å². The highest BCUT2D eigenvalue weighted by molar-refractivity contribution is 9.09. The van der Waals surface area contributed by atoms with Crippen molar-refractivity contribution in [1.29, 1.82) is 0 Å². The van der Waals surface area contributed by atoms with Crippen LogP contribution in [-0.4, -0.2) is 45.3 Å². The molecule has 0 fully saturated rings. The van der Waals surface area contributed by atoms with Crippen LogP contribution in [0.2, 0.25) is 12.1 Å². The lowest BCUT2D eigenvalue weighted by molar-refractivity contribution is 0.440. The maximum absolute atomic E-state index is 5.02. The molecule has 0 unspecified atom stereocenters. The van der Waals surface area contributed by atoms with Gasteiger partial charge in [-0.25, -0.2) is 0 Å². The first-order valence-corrected chi connectivity index (χ1v) is 10.9. The van der Waals surface area contributed by atoms with Crippen LogP contribution in [0.25, 0.3) is 0 Å². The second-order valence-corrected chi connectivity index (χ2v) is 9.48. The van der Waals surface area contributed by atoms with Crippen LogP contribution in [-0.2, 0) is 8.85 Å². The van der Waals surface area contributed by atoms with Crippen LogP contribution in [0.5, 0.6) is 0 Å². The SMILES string of the molecule is CO[Si]CCCSSSCCC[Si]OC. The highest BCUT2D eigenvalue weighted by Gasteiger charge is 1.95. The van der Waals surface area contributed by atoms with Gasteiger partial charge in [0.1, 0.15) is 0 Å². The predicted molar refractivity (Wildman–Crippen MR) is 76.9 cm³/mol. The van der Waals surface area contributed by atoms with Crippen LogP contribution < -0.4 is 0 Å². The van der Waals surface area contributed by atoms with Crippen molar-refractivity contribution in [3.05, 3.63) is 0 Å². The smallest absolute Gasteiger partial charge is 0.229 e. The molecule has 0 saturated heterocycles. The van der Waals surface area contributed by atoms with Gasteiger partial charge in [0.05, 0.1) is 0 Å². The molecular formula is C8H18O2S3Si2. The lowest BCUT2D eigenvalue weighted by Gasteiger charge is -2.00. The van der Waals surface area contributed by atoms with Gasteiger partial charge in [0.25, 0.3) is 0 Å². The van der Waals surface area contributed by atoms with Gasteiger partial charge >= 0.3 is 0 Å². The molecule has 15 heavy (non-hydrogen) atoms. The fourth-order valence-electron chi connectivity index (χ4n) is 0.713. The molecule has 0 saturated carbocycles. The summed E-state index contributed by atoms with van der Waals surface area (Å²) in [6, 6.07) is 2.42. The Bertz CT molecular complexity index is 110. The average Bonchev–Trinajstić information content (AvgIpc) is 2.26. The van der Waals surface area contributed by atoms with Crippen LogP contribution in [0.1, 0.15) is 12.8 Å². The Balaban J connectivity index is 2.81. The van der Waals surface area contributed by atoms with Crippen LogP contribution in [0, 0.1) is 0 Å². The molecule has 0 spiro atoms. The second-order valence-electron chi connectivity index (χ2n) is 2.62. The van der Waals surface area contributed by atoms with E-state index in [4.69, 9.17) is 8.85 Å². The highest BCUT2D eigenvalue weighted by atomic mass is 33.5. The van der Waals surface area contributed by atoms with Gasteiger partial charge in [-0.2, -0.15) is 0 Å². The molecule has 88 valence electrons. The molecule has 0 aliphatic rings. The zero-order valence-electron chi connectivity index (χ0n) is 9.28. The van der Waals surface area contributed by atoms with Gasteiger partial charge in [0, 0.05) is 25.7 Å². The van der Waals surface area contributed by atoms with E-state index >= 15 is 0 Å². The van der Waals surface area contributed by atoms with E-state index < -0.39 is 0 Å². The molecule has 7 heteroatoms. The van der Waals surface area contributed by atoms with Crippen molar-refractivity contribution in [2.24, 2.45) is 0 Å². The minimum absolute atomic E-state index is 0.684. The Morgan fingerprint density at radius 1 is 0.867 bits per heavy atom. The van der Waals surface area contributed by atoms with Gasteiger partial charge < -0.3 is 8.85 Å². The van der Waals surface area contributed by atoms with Crippen LogP contribution in [0.4, 0.5) is 0 Å². The second kappa shape index (κ2) is 15.4. The molecular weight excluding hydrogens is 280 g/mol. The highest BCUT2D eigenvalue weighted by Crippen LogP contribution is 2.35. The van der Waals surface area contributed by atoms with E-state index in [0.29, 0.717) is 19.5 Å². The molecule has 0 amide bonds. The van der Waals surface area contributed by atoms with Gasteiger partial charge in [0.15, 0.2) is 0 Å². The summed E-state index contributed by atoms with van der Waals surface area (Å²) in [5, 5.41) is 0. The molecule has 0 aromatic carbocycles. The minimum atomic E-state index is 0.684. The van der Waals surface area contributed by atoms with Crippen molar-refractivity contribution >= 4 is 50.9 Å². The summed E-state index contributed by atoms with van der Waals surface area (Å²) in [7, 11) is 10.8. The van der Waals surface area contributed by atoms with Crippen LogP contribution in [0.15, 0.2) is 0 Å². The van der Waals surface area contributed by atoms with E-state index in [9.17, 15) is 0 Å². The molecule has 0 atom stereocenters. The molecule has 0 aromatic heterocycles. The van der Waals surface area contributed by atoms with E-state index in [1.165, 1.54) is 36.4 Å². The zero-order valence-corrected chi connectivity index (χ0v) is 13.7. The maximum Gasteiger partial charge on any atom is 0.229 e. The number of hydrogen-bond acceptors (Lipinski definition) is 5. The first-order chi connectivity index (χ1) is 7.41. The number of rotatable bonds is 12. The number of hydrogen-bond donors (Lipinski definition) is 0. The van der Waals surface area contributed by atoms with E-state index in [2.05, 4.69) is 0 Å². The van der Waals surface area contributed by atoms with E-state index in [-0.39, 0.29) is 0 Å². The van der Waals surface area contributed by atoms with Crippen molar-refractivity contribution in [2.75, 3.05) is 25.7 Å². The van der Waals surface area contributed by atoms with Gasteiger partial charge in [0.2, 0.25) is 19.5 Å². The van der Waals surface area contributed by atoms with Gasteiger partial charge in [-0.1, -0.05) is 21.6 Å². The molecule has 0 rings (SSSR count). The fraction of sp³-hybridized carbons (Fsp3) is 1.00. The average molecular weight is 299 g/mol. The third-order valence-electron chi connectivity index (χ3n) is 1.40. The standard InChI is InChI=1S/C8H18O2S3Si2/c1-9-14-7-3-5-11-13-12-6-4-8-15-10-2/h3-8H2,1-2H3. The first kappa shape index (κ1) is 16.4. The summed E-state index contributed by atoms with van der Waals surface area (Å²) in [6.07, 6.45) is 2.55. The van der Waals surface area contributed by atoms with Crippen molar-refractivity contribution < 1.29 is 8.85 Å². The van der Waals surface area contributed by atoms with E-state index in [0.717, 1.165) is 0 Å². The first-order valence-electron chi connectivity index (χ1n) is 4.84. The lowest BCUT2D eigenvalue weighted by atomic mass is 10.6. The van der Waals surface area contributed by atoms with Crippen molar-refractivity contribution in [3.8, 4) is 0 Å². The Hall–Kier alpha value is 1.40. The predicted octanol–water partition coefficient (Wildman–Crippen LogP) is 3.16. The van der Waals surface area contributed by atoms with Crippen molar-refractivity contribution in [3.63, 3.8) is 0 Å². The summed E-state index contributed by atoms with van der Waals surface area (Å²) >= 11 is 0. The molecule has 0 heterocycles. The van der Waals surface area contributed by atoms with Gasteiger partial charge in [-0.05, 0) is 34.8 Å². The van der Waals surface area contributed by atoms with Crippen LogP contribution in [0.3, 0.4) is 0 Å². The molecule has 0 aliphatic heterocycles. The van der Waals surface area contributed by atoms with Crippen molar-refractivity contribution in [2.45, 2.75) is 24.9 Å². The summed E-state index contributed by atoms with van der Waals surface area (Å²) in [6.45, 7) is 0. The molecule has 0 N–H and O–H groups in total. The monoisotopic (exact) mass is 298 g/mol. The third kappa shape index (κ3) is 15.4. The lowest BCUT2D eigenvalue weighted by Crippen LogP contribution is -1.92. The molecule has 2 nitrogen and oxygen atoms in total. The van der Waals surface area contributed by atoms with E-state index in [1.54, 1.807) is 14.2 Å². The Morgan fingerprint density at radius 3 is 1.73 bits per heavy atom. The van der Waals surface area contributed by atoms with Gasteiger partial charge in [-0.3, -0.25) is 0 Å². The summed E-state index contributed by atoms with van der Waals surface area (Å²) in [5.74, 6) is 2.49. The fourth-order valence-corrected chi connectivity index (χ4v) is 6.16. The Labute approximate surface area is 110 Å². The Kier molecular flexibility index (Phi) is 16.8. The quantitative estimate of drug-likeness (QED) is 0.312. The summed E-state index contributed by atoms with van der Waals surface area (Å²) in [5.41, 5.74) is 0. The third-order valence-corrected chi connectivity index (χ3v) is 7.50. The summed E-state index contributed by atoms with van der Waals surface area (Å²) < 4.78 is 10.0. The molecule has 0 aliphatic carbocycles. The Morgan fingerprint density at radius 2 is 1.33 bits per heavy atom. The van der Waals surface area contributed by atoms with Crippen LogP contribution >= 0.6 is 31.4 Å². The maximum atomic E-state index is 5.02. The zero-order chi connectivity index (χ0) is 11.2. The molecule has 4 radical (unpaired) electrons. The molecule has 0 aromatic rings. The molecule has 0 bridgehead atoms.